The van der Waals surface area contributed by atoms with Crippen LogP contribution in [-0.4, -0.2) is 29.3 Å². The fourth-order valence-corrected chi connectivity index (χ4v) is 1.10. The van der Waals surface area contributed by atoms with Crippen LogP contribution in [0, 0.1) is 6.92 Å². The summed E-state index contributed by atoms with van der Waals surface area (Å²) in [6.07, 6.45) is 0. The van der Waals surface area contributed by atoms with Crippen LogP contribution in [-0.2, 0) is 0 Å². The highest BCUT2D eigenvalue weighted by molar-refractivity contribution is 5.96. The lowest BCUT2D eigenvalue weighted by Crippen LogP contribution is -2.26. The zero-order valence-electron chi connectivity index (χ0n) is 7.95. The van der Waals surface area contributed by atoms with Gasteiger partial charge in [0.15, 0.2) is 0 Å². The Bertz CT molecular complexity index is 336. The van der Waals surface area contributed by atoms with E-state index in [9.17, 15) is 9.90 Å². The Balaban J connectivity index is 2.83. The molecule has 4 nitrogen and oxygen atoms in total. The predicted octanol–water partition coefficient (Wildman–Crippen LogP) is 0.423. The molecule has 0 aliphatic carbocycles. The Kier molecular flexibility index (Phi) is 3.48. The average molecular weight is 195 g/mol. The van der Waals surface area contributed by atoms with Gasteiger partial charge in [0.1, 0.15) is 5.75 Å². The van der Waals surface area contributed by atoms with Crippen molar-refractivity contribution in [3.8, 4) is 5.75 Å². The van der Waals surface area contributed by atoms with Crippen molar-refractivity contribution in [3.05, 3.63) is 29.3 Å². The number of aliphatic hydroxyl groups is 1. The fraction of sp³-hybridized carbons (Fsp3) is 0.300. The van der Waals surface area contributed by atoms with Crippen LogP contribution in [0.4, 0.5) is 0 Å². The van der Waals surface area contributed by atoms with Gasteiger partial charge in [0.2, 0.25) is 0 Å². The van der Waals surface area contributed by atoms with Gasteiger partial charge in [0.25, 0.3) is 5.91 Å². The second kappa shape index (κ2) is 4.62. The molecule has 1 aromatic carbocycles. The molecular formula is C10H13NO3. The lowest BCUT2D eigenvalue weighted by atomic mass is 10.1. The predicted molar refractivity (Wildman–Crippen MR) is 52.3 cm³/mol. The van der Waals surface area contributed by atoms with Gasteiger partial charge >= 0.3 is 0 Å². The van der Waals surface area contributed by atoms with Crippen LogP contribution in [0.2, 0.25) is 0 Å². The second-order valence-corrected chi connectivity index (χ2v) is 3.00. The van der Waals surface area contributed by atoms with Crippen LogP contribution in [0.15, 0.2) is 18.2 Å². The van der Waals surface area contributed by atoms with Crippen LogP contribution in [0.25, 0.3) is 0 Å². The van der Waals surface area contributed by atoms with Crippen LogP contribution < -0.4 is 5.32 Å². The van der Waals surface area contributed by atoms with E-state index in [1.54, 1.807) is 12.1 Å². The van der Waals surface area contributed by atoms with E-state index in [2.05, 4.69) is 5.32 Å². The van der Waals surface area contributed by atoms with E-state index in [0.717, 1.165) is 5.56 Å². The van der Waals surface area contributed by atoms with E-state index < -0.39 is 0 Å². The van der Waals surface area contributed by atoms with Crippen molar-refractivity contribution in [2.24, 2.45) is 0 Å². The molecule has 0 heterocycles. The van der Waals surface area contributed by atoms with E-state index in [1.807, 2.05) is 6.92 Å². The molecule has 4 heteroatoms. The summed E-state index contributed by atoms with van der Waals surface area (Å²) < 4.78 is 0. The molecule has 0 saturated heterocycles. The quantitative estimate of drug-likeness (QED) is 0.654. The van der Waals surface area contributed by atoms with Gasteiger partial charge in [0, 0.05) is 6.54 Å². The minimum Gasteiger partial charge on any atom is -0.507 e. The zero-order chi connectivity index (χ0) is 10.6. The highest BCUT2D eigenvalue weighted by Crippen LogP contribution is 2.17. The number of nitrogens with one attached hydrogen (secondary N) is 1. The van der Waals surface area contributed by atoms with Gasteiger partial charge < -0.3 is 15.5 Å². The summed E-state index contributed by atoms with van der Waals surface area (Å²) >= 11 is 0. The van der Waals surface area contributed by atoms with Gasteiger partial charge in [-0.2, -0.15) is 0 Å². The summed E-state index contributed by atoms with van der Waals surface area (Å²) in [5.41, 5.74) is 1.13. The minimum atomic E-state index is -0.375. The number of rotatable bonds is 3. The first kappa shape index (κ1) is 10.5. The fourth-order valence-electron chi connectivity index (χ4n) is 1.10. The molecule has 0 aliphatic rings. The third-order valence-electron chi connectivity index (χ3n) is 1.79. The number of phenols is 1. The molecule has 3 N–H and O–H groups in total. The molecule has 0 aromatic heterocycles. The van der Waals surface area contributed by atoms with Crippen LogP contribution in [0.1, 0.15) is 15.9 Å². The van der Waals surface area contributed by atoms with Crippen molar-refractivity contribution in [1.29, 1.82) is 0 Å². The number of aromatic hydroxyl groups is 1. The lowest BCUT2D eigenvalue weighted by molar-refractivity contribution is 0.0942. The molecule has 1 rings (SSSR count). The first-order valence-corrected chi connectivity index (χ1v) is 4.34. The summed E-state index contributed by atoms with van der Waals surface area (Å²) in [5, 5.41) is 20.4. The number of aryl methyl sites for hydroxylation is 1. The summed E-state index contributed by atoms with van der Waals surface area (Å²) in [5.74, 6) is -0.425. The first-order valence-electron chi connectivity index (χ1n) is 4.34. The maximum atomic E-state index is 11.4. The van der Waals surface area contributed by atoms with Gasteiger partial charge in [-0.25, -0.2) is 0 Å². The molecule has 0 aliphatic heterocycles. The number of benzene rings is 1. The topological polar surface area (TPSA) is 69.6 Å². The number of phenolic OH excluding ortho intramolecular Hbond substituents is 1. The van der Waals surface area contributed by atoms with E-state index in [4.69, 9.17) is 5.11 Å². The van der Waals surface area contributed by atoms with Gasteiger partial charge in [-0.15, -0.1) is 0 Å². The molecule has 0 unspecified atom stereocenters. The Labute approximate surface area is 82.2 Å². The van der Waals surface area contributed by atoms with Gasteiger partial charge in [-0.05, 0) is 19.1 Å². The second-order valence-electron chi connectivity index (χ2n) is 3.00. The van der Waals surface area contributed by atoms with Crippen molar-refractivity contribution in [1.82, 2.24) is 5.32 Å². The third kappa shape index (κ3) is 2.47. The third-order valence-corrected chi connectivity index (χ3v) is 1.79. The number of hydrogen-bond donors (Lipinski definition) is 3. The lowest BCUT2D eigenvalue weighted by Gasteiger charge is -2.05. The normalized spacial score (nSPS) is 9.86. The molecule has 14 heavy (non-hydrogen) atoms. The van der Waals surface area contributed by atoms with Crippen LogP contribution in [0.5, 0.6) is 5.75 Å². The summed E-state index contributed by atoms with van der Waals surface area (Å²) in [6, 6.07) is 4.80. The largest absolute Gasteiger partial charge is 0.507 e. The van der Waals surface area contributed by atoms with E-state index in [-0.39, 0.29) is 30.4 Å². The van der Waals surface area contributed by atoms with E-state index in [1.165, 1.54) is 6.07 Å². The Morgan fingerprint density at radius 3 is 2.86 bits per heavy atom. The van der Waals surface area contributed by atoms with Crippen LogP contribution >= 0.6 is 0 Å². The average Bonchev–Trinajstić information content (AvgIpc) is 2.18. The van der Waals surface area contributed by atoms with Crippen molar-refractivity contribution < 1.29 is 15.0 Å². The highest BCUT2D eigenvalue weighted by atomic mass is 16.3. The maximum Gasteiger partial charge on any atom is 0.255 e. The van der Waals surface area contributed by atoms with Crippen LogP contribution in [0.3, 0.4) is 0 Å². The first-order chi connectivity index (χ1) is 6.65. The van der Waals surface area contributed by atoms with Crippen molar-refractivity contribution >= 4 is 5.91 Å². The van der Waals surface area contributed by atoms with Crippen molar-refractivity contribution in [2.75, 3.05) is 13.2 Å². The van der Waals surface area contributed by atoms with Gasteiger partial charge in [-0.1, -0.05) is 11.6 Å². The van der Waals surface area contributed by atoms with Gasteiger partial charge in [-0.3, -0.25) is 4.79 Å². The Hall–Kier alpha value is -1.55. The highest BCUT2D eigenvalue weighted by Gasteiger charge is 2.09. The van der Waals surface area contributed by atoms with E-state index in [0.29, 0.717) is 0 Å². The molecule has 76 valence electrons. The minimum absolute atomic E-state index is 0.0500. The monoisotopic (exact) mass is 195 g/mol. The standard InChI is InChI=1S/C10H13NO3/c1-7-2-3-9(13)8(6-7)10(14)11-4-5-12/h2-3,6,12-13H,4-5H2,1H3,(H,11,14). The van der Waals surface area contributed by atoms with Gasteiger partial charge in [0.05, 0.1) is 12.2 Å². The molecular weight excluding hydrogens is 182 g/mol. The van der Waals surface area contributed by atoms with E-state index >= 15 is 0 Å². The van der Waals surface area contributed by atoms with Crippen molar-refractivity contribution in [2.45, 2.75) is 6.92 Å². The summed E-state index contributed by atoms with van der Waals surface area (Å²) in [7, 11) is 0. The molecule has 0 spiro atoms. The molecule has 1 amide bonds. The number of aliphatic hydroxyl groups excluding tert-OH is 1. The Morgan fingerprint density at radius 1 is 1.50 bits per heavy atom. The van der Waals surface area contributed by atoms with Crippen molar-refractivity contribution in [3.63, 3.8) is 0 Å². The maximum absolute atomic E-state index is 11.4. The molecule has 0 bridgehead atoms. The molecule has 0 radical (unpaired) electrons. The molecule has 0 fully saturated rings. The number of hydrogen-bond acceptors (Lipinski definition) is 3. The summed E-state index contributed by atoms with van der Waals surface area (Å²) in [6.45, 7) is 1.91. The number of carbonyl (C=O) groups is 1. The SMILES string of the molecule is Cc1ccc(O)c(C(=O)NCCO)c1. The molecule has 0 saturated carbocycles. The molecule has 0 atom stereocenters. The Morgan fingerprint density at radius 2 is 2.21 bits per heavy atom. The smallest absolute Gasteiger partial charge is 0.255 e. The molecule has 1 aromatic rings. The number of amides is 1. The zero-order valence-corrected chi connectivity index (χ0v) is 7.95. The number of carbonyl (C=O) groups excluding carboxylic acids is 1. The summed E-state index contributed by atoms with van der Waals surface area (Å²) in [4.78, 5) is 11.4.